The quantitative estimate of drug-likeness (QED) is 0.496. The molecule has 0 radical (unpaired) electrons. The van der Waals surface area contributed by atoms with Crippen LogP contribution in [0.5, 0.6) is 0 Å². The van der Waals surface area contributed by atoms with Crippen molar-refractivity contribution in [2.24, 2.45) is 0 Å². The molecule has 2 aromatic carbocycles. The number of nitrogens with zero attached hydrogens (tertiary/aromatic N) is 1. The van der Waals surface area contributed by atoms with Crippen molar-refractivity contribution >= 4 is 33.8 Å². The van der Waals surface area contributed by atoms with E-state index in [1.54, 1.807) is 11.3 Å². The lowest BCUT2D eigenvalue weighted by Crippen LogP contribution is -2.27. The molecule has 0 unspecified atom stereocenters. The van der Waals surface area contributed by atoms with Crippen molar-refractivity contribution < 1.29 is 4.79 Å². The molecule has 0 bridgehead atoms. The van der Waals surface area contributed by atoms with E-state index in [4.69, 9.17) is 11.6 Å². The van der Waals surface area contributed by atoms with E-state index in [-0.39, 0.29) is 11.9 Å². The Morgan fingerprint density at radius 3 is 2.45 bits per heavy atom. The van der Waals surface area contributed by atoms with Crippen LogP contribution >= 0.6 is 22.9 Å². The first-order valence-electron chi connectivity index (χ1n) is 10.1. The van der Waals surface area contributed by atoms with E-state index in [9.17, 15) is 4.79 Å². The molecule has 2 heterocycles. The molecule has 4 rings (SSSR count). The summed E-state index contributed by atoms with van der Waals surface area (Å²) < 4.78 is 0. The molecule has 1 atom stereocenters. The van der Waals surface area contributed by atoms with E-state index in [1.165, 1.54) is 28.8 Å². The number of aryl methyl sites for hydroxylation is 1. The molecule has 1 aliphatic rings. The number of hydrogen-bond acceptors (Lipinski definition) is 3. The minimum Gasteiger partial charge on any atom is -0.313 e. The van der Waals surface area contributed by atoms with Gasteiger partial charge < -0.3 is 5.32 Å². The molecule has 1 N–H and O–H groups in total. The van der Waals surface area contributed by atoms with Crippen LogP contribution in [-0.4, -0.2) is 23.9 Å². The van der Waals surface area contributed by atoms with Gasteiger partial charge in [0.05, 0.1) is 6.04 Å². The zero-order chi connectivity index (χ0) is 20.2. The average Bonchev–Trinajstić information content (AvgIpc) is 3.41. The first-order chi connectivity index (χ1) is 14.2. The lowest BCUT2D eigenvalue weighted by Gasteiger charge is -2.28. The molecule has 3 nitrogen and oxygen atoms in total. The second-order valence-electron chi connectivity index (χ2n) is 7.37. The minimum atomic E-state index is -0.0624. The van der Waals surface area contributed by atoms with Crippen molar-refractivity contribution in [2.45, 2.75) is 32.2 Å². The summed E-state index contributed by atoms with van der Waals surface area (Å²) in [6, 6.07) is 19.9. The summed E-state index contributed by atoms with van der Waals surface area (Å²) in [5.74, 6) is -0.0624. The van der Waals surface area contributed by atoms with Crippen LogP contribution in [0, 0.1) is 0 Å². The van der Waals surface area contributed by atoms with Crippen molar-refractivity contribution in [3.63, 3.8) is 0 Å². The number of likely N-dealkylation sites (tertiary alicyclic amines) is 1. The third-order valence-corrected chi connectivity index (χ3v) is 6.87. The highest BCUT2D eigenvalue weighted by Crippen LogP contribution is 2.41. The second kappa shape index (κ2) is 9.12. The maximum atomic E-state index is 12.9. The Morgan fingerprint density at radius 2 is 1.79 bits per heavy atom. The van der Waals surface area contributed by atoms with Gasteiger partial charge in [-0.1, -0.05) is 48.9 Å². The van der Waals surface area contributed by atoms with Gasteiger partial charge in [-0.3, -0.25) is 9.69 Å². The van der Waals surface area contributed by atoms with Crippen LogP contribution < -0.4 is 5.32 Å². The molecular weight excluding hydrogens is 400 g/mol. The van der Waals surface area contributed by atoms with E-state index in [0.717, 1.165) is 29.5 Å². The molecule has 0 aliphatic carbocycles. The zero-order valence-corrected chi connectivity index (χ0v) is 18.1. The largest absolute Gasteiger partial charge is 0.313 e. The van der Waals surface area contributed by atoms with Gasteiger partial charge >= 0.3 is 0 Å². The summed E-state index contributed by atoms with van der Waals surface area (Å²) in [7, 11) is 0. The average molecular weight is 425 g/mol. The van der Waals surface area contributed by atoms with Crippen LogP contribution in [0.3, 0.4) is 0 Å². The van der Waals surface area contributed by atoms with Gasteiger partial charge in [0, 0.05) is 21.0 Å². The molecule has 5 heteroatoms. The first kappa shape index (κ1) is 20.1. The minimum absolute atomic E-state index is 0.0624. The molecule has 1 fully saturated rings. The van der Waals surface area contributed by atoms with E-state index < -0.39 is 0 Å². The van der Waals surface area contributed by atoms with Crippen LogP contribution in [-0.2, 0) is 6.42 Å². The highest BCUT2D eigenvalue weighted by atomic mass is 35.5. The molecule has 1 aromatic heterocycles. The van der Waals surface area contributed by atoms with Gasteiger partial charge in [-0.2, -0.15) is 0 Å². The lowest BCUT2D eigenvalue weighted by atomic mass is 9.98. The monoisotopic (exact) mass is 424 g/mol. The highest BCUT2D eigenvalue weighted by molar-refractivity contribution is 7.16. The van der Waals surface area contributed by atoms with Crippen molar-refractivity contribution in [1.82, 2.24) is 4.90 Å². The van der Waals surface area contributed by atoms with E-state index in [1.807, 2.05) is 42.5 Å². The zero-order valence-electron chi connectivity index (χ0n) is 16.5. The molecule has 1 aliphatic heterocycles. The van der Waals surface area contributed by atoms with Crippen molar-refractivity contribution in [1.29, 1.82) is 0 Å². The molecule has 3 aromatic rings. The standard InChI is InChI=1S/C24H25ClN2OS/c1-2-20-16-21(24(29-20)26-23(28)18-8-4-3-5-9-18)22(27-14-6-7-15-27)17-10-12-19(25)13-11-17/h3-5,8-13,16,22H,2,6-7,14-15H2,1H3,(H,26,28)/t22-/m0/s1. The Balaban J connectivity index is 1.73. The fraction of sp³-hybridized carbons (Fsp3) is 0.292. The summed E-state index contributed by atoms with van der Waals surface area (Å²) in [6.07, 6.45) is 3.37. The summed E-state index contributed by atoms with van der Waals surface area (Å²) in [5, 5.41) is 4.88. The molecule has 1 amide bonds. The third-order valence-electron chi connectivity index (χ3n) is 5.41. The molecule has 150 valence electrons. The maximum Gasteiger partial charge on any atom is 0.256 e. The van der Waals surface area contributed by atoms with Gasteiger partial charge in [0.25, 0.3) is 5.91 Å². The Hall–Kier alpha value is -2.14. The summed E-state index contributed by atoms with van der Waals surface area (Å²) in [4.78, 5) is 16.6. The van der Waals surface area contributed by atoms with Crippen molar-refractivity contribution in [3.05, 3.63) is 87.3 Å². The third kappa shape index (κ3) is 4.55. The number of halogens is 1. The van der Waals surface area contributed by atoms with Crippen molar-refractivity contribution in [2.75, 3.05) is 18.4 Å². The number of carbonyl (C=O) groups excluding carboxylic acids is 1. The van der Waals surface area contributed by atoms with Gasteiger partial charge in [0.1, 0.15) is 5.00 Å². The number of nitrogens with one attached hydrogen (secondary N) is 1. The van der Waals surface area contributed by atoms with Gasteiger partial charge in [-0.05, 0) is 68.2 Å². The smallest absolute Gasteiger partial charge is 0.256 e. The molecule has 0 saturated carbocycles. The Bertz CT molecular complexity index is 962. The van der Waals surface area contributed by atoms with E-state index >= 15 is 0 Å². The topological polar surface area (TPSA) is 32.3 Å². The maximum absolute atomic E-state index is 12.9. The molecule has 29 heavy (non-hydrogen) atoms. The molecular formula is C24H25ClN2OS. The van der Waals surface area contributed by atoms with Crippen molar-refractivity contribution in [3.8, 4) is 0 Å². The predicted molar refractivity (Wildman–Crippen MR) is 122 cm³/mol. The van der Waals surface area contributed by atoms with Crippen LogP contribution in [0.1, 0.15) is 52.2 Å². The number of amides is 1. The van der Waals surface area contributed by atoms with Crippen LogP contribution in [0.25, 0.3) is 0 Å². The number of benzene rings is 2. The predicted octanol–water partition coefficient (Wildman–Crippen LogP) is 6.40. The molecule has 1 saturated heterocycles. The van der Waals surface area contributed by atoms with Crippen LogP contribution in [0.2, 0.25) is 5.02 Å². The number of carbonyl (C=O) groups is 1. The lowest BCUT2D eigenvalue weighted by molar-refractivity contribution is 0.102. The fourth-order valence-corrected chi connectivity index (χ4v) is 5.08. The highest BCUT2D eigenvalue weighted by Gasteiger charge is 2.29. The van der Waals surface area contributed by atoms with Gasteiger partial charge in [0.2, 0.25) is 0 Å². The number of hydrogen-bond donors (Lipinski definition) is 1. The Kier molecular flexibility index (Phi) is 6.34. The first-order valence-corrected chi connectivity index (χ1v) is 11.3. The number of thiophene rings is 1. The summed E-state index contributed by atoms with van der Waals surface area (Å²) in [5.41, 5.74) is 3.07. The van der Waals surface area contributed by atoms with Crippen LogP contribution in [0.15, 0.2) is 60.7 Å². The second-order valence-corrected chi connectivity index (χ2v) is 8.94. The number of rotatable bonds is 6. The van der Waals surface area contributed by atoms with Gasteiger partial charge in [0.15, 0.2) is 0 Å². The normalized spacial score (nSPS) is 15.4. The molecule has 0 spiro atoms. The Labute approximate surface area is 181 Å². The van der Waals surface area contributed by atoms with Gasteiger partial charge in [-0.15, -0.1) is 11.3 Å². The SMILES string of the molecule is CCc1cc([C@H](c2ccc(Cl)cc2)N2CCCC2)c(NC(=O)c2ccccc2)s1. The van der Waals surface area contributed by atoms with Crippen LogP contribution in [0.4, 0.5) is 5.00 Å². The summed E-state index contributed by atoms with van der Waals surface area (Å²) in [6.45, 7) is 4.29. The van der Waals surface area contributed by atoms with Gasteiger partial charge in [-0.25, -0.2) is 0 Å². The number of anilines is 1. The fourth-order valence-electron chi connectivity index (χ4n) is 3.93. The Morgan fingerprint density at radius 1 is 1.10 bits per heavy atom. The van der Waals surface area contributed by atoms with E-state index in [2.05, 4.69) is 35.3 Å². The summed E-state index contributed by atoms with van der Waals surface area (Å²) >= 11 is 7.83. The van der Waals surface area contributed by atoms with E-state index in [0.29, 0.717) is 5.56 Å².